The van der Waals surface area contributed by atoms with E-state index in [1.165, 1.54) is 4.90 Å². The molecule has 2 aromatic rings. The quantitative estimate of drug-likeness (QED) is 0.755. The molecule has 0 radical (unpaired) electrons. The molecule has 0 heterocycles. The molecular formula is C19H22Cl2N3O2+. The minimum absolute atomic E-state index is 0.0301. The van der Waals surface area contributed by atoms with Crippen molar-refractivity contribution in [3.05, 3.63) is 64.1 Å². The van der Waals surface area contributed by atoms with Gasteiger partial charge in [0, 0.05) is 18.3 Å². The number of benzene rings is 2. The molecule has 0 aliphatic heterocycles. The van der Waals surface area contributed by atoms with E-state index in [1.807, 2.05) is 37.4 Å². The zero-order chi connectivity index (χ0) is 19.1. The Hall–Kier alpha value is -2.08. The van der Waals surface area contributed by atoms with Crippen LogP contribution in [0.5, 0.6) is 0 Å². The monoisotopic (exact) mass is 394 g/mol. The number of carbonyl (C=O) groups is 2. The van der Waals surface area contributed by atoms with E-state index in [0.29, 0.717) is 22.3 Å². The number of anilines is 1. The number of amides is 2. The molecule has 0 spiro atoms. The maximum Gasteiger partial charge on any atom is 0.277 e. The van der Waals surface area contributed by atoms with Crippen LogP contribution in [-0.4, -0.2) is 43.9 Å². The Morgan fingerprint density at radius 1 is 1.08 bits per heavy atom. The van der Waals surface area contributed by atoms with E-state index in [9.17, 15) is 9.59 Å². The molecular weight excluding hydrogens is 373 g/mol. The summed E-state index contributed by atoms with van der Waals surface area (Å²) < 4.78 is 0. The van der Waals surface area contributed by atoms with E-state index in [-0.39, 0.29) is 18.4 Å². The number of nitrogens with one attached hydrogen (secondary N) is 2. The van der Waals surface area contributed by atoms with Gasteiger partial charge in [-0.3, -0.25) is 9.59 Å². The molecule has 0 bridgehead atoms. The topological polar surface area (TPSA) is 53.9 Å². The number of halogens is 2. The summed E-state index contributed by atoms with van der Waals surface area (Å²) in [6, 6.07) is 14.8. The average molecular weight is 395 g/mol. The SMILES string of the molecule is CN(CC(=O)Nc1ccc(Cl)c(Cl)c1)C(=O)C[NH+](C)Cc1ccccc1. The molecule has 1 atom stereocenters. The second kappa shape index (κ2) is 9.57. The Bertz CT molecular complexity index is 769. The normalized spacial score (nSPS) is 11.7. The Kier molecular flexibility index (Phi) is 7.45. The zero-order valence-electron chi connectivity index (χ0n) is 14.8. The smallest absolute Gasteiger partial charge is 0.277 e. The van der Waals surface area contributed by atoms with Crippen molar-refractivity contribution in [2.45, 2.75) is 6.54 Å². The van der Waals surface area contributed by atoms with E-state index in [2.05, 4.69) is 5.32 Å². The predicted octanol–water partition coefficient (Wildman–Crippen LogP) is 2.11. The van der Waals surface area contributed by atoms with Crippen LogP contribution in [0.4, 0.5) is 5.69 Å². The number of rotatable bonds is 7. The fraction of sp³-hybridized carbons (Fsp3) is 0.263. The Morgan fingerprint density at radius 3 is 2.42 bits per heavy atom. The van der Waals surface area contributed by atoms with Crippen LogP contribution >= 0.6 is 23.2 Å². The first kappa shape index (κ1) is 20.2. The largest absolute Gasteiger partial charge is 0.332 e. The Balaban J connectivity index is 1.81. The minimum Gasteiger partial charge on any atom is -0.332 e. The molecule has 0 aliphatic rings. The van der Waals surface area contributed by atoms with Gasteiger partial charge in [-0.05, 0) is 18.2 Å². The van der Waals surface area contributed by atoms with Gasteiger partial charge in [-0.1, -0.05) is 53.5 Å². The molecule has 2 aromatic carbocycles. The average Bonchev–Trinajstić information content (AvgIpc) is 2.58. The first-order valence-corrected chi connectivity index (χ1v) is 8.95. The predicted molar refractivity (Wildman–Crippen MR) is 105 cm³/mol. The summed E-state index contributed by atoms with van der Waals surface area (Å²) in [7, 11) is 3.57. The summed E-state index contributed by atoms with van der Waals surface area (Å²) in [6.45, 7) is 1.03. The van der Waals surface area contributed by atoms with E-state index in [1.54, 1.807) is 25.2 Å². The van der Waals surface area contributed by atoms with Crippen molar-refractivity contribution in [1.29, 1.82) is 0 Å². The Labute approximate surface area is 163 Å². The van der Waals surface area contributed by atoms with Crippen LogP contribution in [0.25, 0.3) is 0 Å². The van der Waals surface area contributed by atoms with Crippen molar-refractivity contribution in [2.75, 3.05) is 32.5 Å². The first-order valence-electron chi connectivity index (χ1n) is 8.19. The van der Waals surface area contributed by atoms with Crippen molar-refractivity contribution in [2.24, 2.45) is 0 Å². The van der Waals surface area contributed by atoms with Gasteiger partial charge in [-0.15, -0.1) is 0 Å². The van der Waals surface area contributed by atoms with E-state index in [0.717, 1.165) is 17.0 Å². The van der Waals surface area contributed by atoms with Crippen molar-refractivity contribution in [3.8, 4) is 0 Å². The molecule has 2 rings (SSSR count). The highest BCUT2D eigenvalue weighted by Gasteiger charge is 2.17. The molecule has 1 unspecified atom stereocenters. The van der Waals surface area contributed by atoms with Crippen LogP contribution in [0.3, 0.4) is 0 Å². The lowest BCUT2D eigenvalue weighted by molar-refractivity contribution is -0.885. The van der Waals surface area contributed by atoms with Gasteiger partial charge < -0.3 is 15.1 Å². The number of hydrogen-bond donors (Lipinski definition) is 2. The van der Waals surface area contributed by atoms with E-state index in [4.69, 9.17) is 23.2 Å². The van der Waals surface area contributed by atoms with Gasteiger partial charge in [0.25, 0.3) is 5.91 Å². The van der Waals surface area contributed by atoms with Gasteiger partial charge >= 0.3 is 0 Å². The molecule has 7 heteroatoms. The lowest BCUT2D eigenvalue weighted by atomic mass is 10.2. The first-order chi connectivity index (χ1) is 12.3. The summed E-state index contributed by atoms with van der Waals surface area (Å²) in [5.41, 5.74) is 1.70. The summed E-state index contributed by atoms with van der Waals surface area (Å²) in [5, 5.41) is 3.49. The van der Waals surface area contributed by atoms with Crippen molar-refractivity contribution in [1.82, 2.24) is 4.90 Å². The van der Waals surface area contributed by atoms with Crippen molar-refractivity contribution < 1.29 is 14.5 Å². The number of carbonyl (C=O) groups excluding carboxylic acids is 2. The summed E-state index contributed by atoms with van der Waals surface area (Å²) in [6.07, 6.45) is 0. The van der Waals surface area contributed by atoms with Gasteiger partial charge in [0.1, 0.15) is 6.54 Å². The summed E-state index contributed by atoms with van der Waals surface area (Å²) >= 11 is 11.8. The molecule has 5 nitrogen and oxygen atoms in total. The third-order valence-electron chi connectivity index (χ3n) is 3.81. The van der Waals surface area contributed by atoms with Gasteiger partial charge in [0.15, 0.2) is 6.54 Å². The maximum atomic E-state index is 12.3. The van der Waals surface area contributed by atoms with Crippen LogP contribution < -0.4 is 10.2 Å². The Morgan fingerprint density at radius 2 is 1.77 bits per heavy atom. The molecule has 0 saturated carbocycles. The van der Waals surface area contributed by atoms with E-state index >= 15 is 0 Å². The molecule has 0 aliphatic carbocycles. The van der Waals surface area contributed by atoms with Gasteiger partial charge in [-0.2, -0.15) is 0 Å². The fourth-order valence-corrected chi connectivity index (χ4v) is 2.78. The van der Waals surface area contributed by atoms with E-state index < -0.39 is 0 Å². The van der Waals surface area contributed by atoms with Gasteiger partial charge in [0.05, 0.1) is 23.6 Å². The maximum absolute atomic E-state index is 12.3. The van der Waals surface area contributed by atoms with Gasteiger partial charge in [-0.25, -0.2) is 0 Å². The molecule has 0 saturated heterocycles. The molecule has 138 valence electrons. The molecule has 0 fully saturated rings. The summed E-state index contributed by atoms with van der Waals surface area (Å²) in [5.74, 6) is -0.386. The minimum atomic E-state index is -0.292. The lowest BCUT2D eigenvalue weighted by Gasteiger charge is -2.20. The van der Waals surface area contributed by atoms with Crippen LogP contribution in [0.15, 0.2) is 48.5 Å². The second-order valence-corrected chi connectivity index (χ2v) is 7.04. The lowest BCUT2D eigenvalue weighted by Crippen LogP contribution is -3.08. The molecule has 2 N–H and O–H groups in total. The highest BCUT2D eigenvalue weighted by atomic mass is 35.5. The number of hydrogen-bond acceptors (Lipinski definition) is 2. The number of quaternary nitrogens is 1. The molecule has 2 amide bonds. The number of nitrogens with zero attached hydrogens (tertiary/aromatic N) is 1. The second-order valence-electron chi connectivity index (χ2n) is 6.22. The fourth-order valence-electron chi connectivity index (χ4n) is 2.48. The van der Waals surface area contributed by atoms with Crippen LogP contribution in [-0.2, 0) is 16.1 Å². The third kappa shape index (κ3) is 6.33. The standard InChI is InChI=1S/C19H21Cl2N3O2/c1-23(11-14-6-4-3-5-7-14)13-19(26)24(2)12-18(25)22-15-8-9-16(20)17(21)10-15/h3-10H,11-13H2,1-2H3,(H,22,25)/p+1. The van der Waals surface area contributed by atoms with Crippen LogP contribution in [0.1, 0.15) is 5.56 Å². The summed E-state index contributed by atoms with van der Waals surface area (Å²) in [4.78, 5) is 26.9. The highest BCUT2D eigenvalue weighted by molar-refractivity contribution is 6.42. The van der Waals surface area contributed by atoms with Crippen LogP contribution in [0.2, 0.25) is 10.0 Å². The van der Waals surface area contributed by atoms with Crippen molar-refractivity contribution in [3.63, 3.8) is 0 Å². The zero-order valence-corrected chi connectivity index (χ0v) is 16.3. The number of likely N-dealkylation sites (N-methyl/N-ethyl adjacent to an activating group) is 2. The van der Waals surface area contributed by atoms with Crippen molar-refractivity contribution >= 4 is 40.7 Å². The van der Waals surface area contributed by atoms with Gasteiger partial charge in [0.2, 0.25) is 5.91 Å². The molecule has 26 heavy (non-hydrogen) atoms. The highest BCUT2D eigenvalue weighted by Crippen LogP contribution is 2.24. The third-order valence-corrected chi connectivity index (χ3v) is 4.55. The van der Waals surface area contributed by atoms with Crippen LogP contribution in [0, 0.1) is 0 Å². The molecule has 0 aromatic heterocycles.